The van der Waals surface area contributed by atoms with Crippen molar-refractivity contribution in [3.05, 3.63) is 78.2 Å². The van der Waals surface area contributed by atoms with Crippen molar-refractivity contribution in [1.29, 1.82) is 0 Å². The van der Waals surface area contributed by atoms with Crippen molar-refractivity contribution in [1.82, 2.24) is 15.3 Å². The zero-order valence-electron chi connectivity index (χ0n) is 15.1. The Labute approximate surface area is 159 Å². The maximum atomic E-state index is 13.0. The van der Waals surface area contributed by atoms with Crippen molar-refractivity contribution in [3.63, 3.8) is 0 Å². The average Bonchev–Trinajstić information content (AvgIpc) is 3.04. The molecule has 5 heteroatoms. The summed E-state index contributed by atoms with van der Waals surface area (Å²) in [7, 11) is 0. The summed E-state index contributed by atoms with van der Waals surface area (Å²) in [5.74, 6) is 0.756. The van der Waals surface area contributed by atoms with E-state index in [1.165, 1.54) is 0 Å². The molecule has 1 saturated heterocycles. The fourth-order valence-electron chi connectivity index (χ4n) is 3.30. The van der Waals surface area contributed by atoms with Gasteiger partial charge in [0, 0.05) is 43.2 Å². The van der Waals surface area contributed by atoms with Gasteiger partial charge in [-0.3, -0.25) is 9.78 Å². The first kappa shape index (κ1) is 17.4. The summed E-state index contributed by atoms with van der Waals surface area (Å²) < 4.78 is 0. The monoisotopic (exact) mass is 358 g/mol. The van der Waals surface area contributed by atoms with Crippen LogP contribution in [0.4, 0.5) is 5.82 Å². The highest BCUT2D eigenvalue weighted by atomic mass is 16.1. The molecule has 0 radical (unpaired) electrons. The highest BCUT2D eigenvalue weighted by Crippen LogP contribution is 2.21. The van der Waals surface area contributed by atoms with Crippen molar-refractivity contribution in [2.24, 2.45) is 0 Å². The summed E-state index contributed by atoms with van der Waals surface area (Å²) in [4.78, 5) is 24.1. The standard InChI is InChI=1S/C22H22N4O/c27-22(19-14-18(15-24-16-19)17-6-2-1-3-7-17)20-8-4-9-21(25-20)26-12-5-10-23-11-13-26/h1-4,6-9,14-16,23H,5,10-13H2. The van der Waals surface area contributed by atoms with Crippen LogP contribution in [0, 0.1) is 0 Å². The van der Waals surface area contributed by atoms with Gasteiger partial charge in [0.1, 0.15) is 11.5 Å². The minimum absolute atomic E-state index is 0.102. The molecule has 0 atom stereocenters. The smallest absolute Gasteiger partial charge is 0.212 e. The van der Waals surface area contributed by atoms with Crippen LogP contribution in [-0.4, -0.2) is 41.9 Å². The Morgan fingerprint density at radius 1 is 0.926 bits per heavy atom. The molecule has 0 amide bonds. The Kier molecular flexibility index (Phi) is 5.21. The average molecular weight is 358 g/mol. The number of hydrogen-bond acceptors (Lipinski definition) is 5. The lowest BCUT2D eigenvalue weighted by atomic mass is 10.0. The molecule has 1 aliphatic heterocycles. The fourth-order valence-corrected chi connectivity index (χ4v) is 3.30. The third-order valence-corrected chi connectivity index (χ3v) is 4.74. The van der Waals surface area contributed by atoms with E-state index in [-0.39, 0.29) is 5.78 Å². The van der Waals surface area contributed by atoms with E-state index in [0.29, 0.717) is 11.3 Å². The number of hydrogen-bond donors (Lipinski definition) is 1. The van der Waals surface area contributed by atoms with Crippen molar-refractivity contribution in [2.75, 3.05) is 31.1 Å². The van der Waals surface area contributed by atoms with Crippen LogP contribution in [0.1, 0.15) is 22.5 Å². The molecule has 1 aliphatic rings. The van der Waals surface area contributed by atoms with E-state index < -0.39 is 0 Å². The van der Waals surface area contributed by atoms with E-state index in [4.69, 9.17) is 0 Å². The molecule has 2 aromatic heterocycles. The van der Waals surface area contributed by atoms with E-state index in [1.807, 2.05) is 48.5 Å². The topological polar surface area (TPSA) is 58.1 Å². The third kappa shape index (κ3) is 4.04. The van der Waals surface area contributed by atoms with Gasteiger partial charge in [-0.25, -0.2) is 4.98 Å². The Morgan fingerprint density at radius 2 is 1.81 bits per heavy atom. The molecule has 4 rings (SSSR count). The number of nitrogens with one attached hydrogen (secondary N) is 1. The van der Waals surface area contributed by atoms with Gasteiger partial charge in [-0.2, -0.15) is 0 Å². The number of pyridine rings is 2. The molecule has 0 spiro atoms. The largest absolute Gasteiger partial charge is 0.355 e. The van der Waals surface area contributed by atoms with Crippen LogP contribution in [0.5, 0.6) is 0 Å². The Bertz CT molecular complexity index is 918. The van der Waals surface area contributed by atoms with Crippen LogP contribution in [0.15, 0.2) is 67.0 Å². The second-order valence-corrected chi connectivity index (χ2v) is 6.63. The lowest BCUT2D eigenvalue weighted by molar-refractivity contribution is 0.103. The van der Waals surface area contributed by atoms with Crippen molar-refractivity contribution < 1.29 is 4.79 Å². The lowest BCUT2D eigenvalue weighted by Gasteiger charge is -2.21. The zero-order chi connectivity index (χ0) is 18.5. The number of benzene rings is 1. The minimum atomic E-state index is -0.102. The SMILES string of the molecule is O=C(c1cncc(-c2ccccc2)c1)c1cccc(N2CCCNCC2)n1. The Morgan fingerprint density at radius 3 is 2.70 bits per heavy atom. The lowest BCUT2D eigenvalue weighted by Crippen LogP contribution is -2.28. The van der Waals surface area contributed by atoms with E-state index >= 15 is 0 Å². The Balaban J connectivity index is 1.60. The molecule has 1 aromatic carbocycles. The van der Waals surface area contributed by atoms with Gasteiger partial charge in [0.05, 0.1) is 0 Å². The molecule has 27 heavy (non-hydrogen) atoms. The second-order valence-electron chi connectivity index (χ2n) is 6.63. The van der Waals surface area contributed by atoms with Crippen LogP contribution in [-0.2, 0) is 0 Å². The van der Waals surface area contributed by atoms with E-state index in [0.717, 1.165) is 49.5 Å². The highest BCUT2D eigenvalue weighted by Gasteiger charge is 2.16. The predicted molar refractivity (Wildman–Crippen MR) is 107 cm³/mol. The molecule has 0 bridgehead atoms. The molecule has 5 nitrogen and oxygen atoms in total. The summed E-state index contributed by atoms with van der Waals surface area (Å²) in [5, 5.41) is 3.39. The van der Waals surface area contributed by atoms with Crippen molar-refractivity contribution in [2.45, 2.75) is 6.42 Å². The molecule has 1 fully saturated rings. The number of rotatable bonds is 4. The molecule has 0 unspecified atom stereocenters. The molecule has 0 saturated carbocycles. The normalized spacial score (nSPS) is 14.6. The Hall–Kier alpha value is -3.05. The van der Waals surface area contributed by atoms with Crippen molar-refractivity contribution in [3.8, 4) is 11.1 Å². The summed E-state index contributed by atoms with van der Waals surface area (Å²) in [5.41, 5.74) is 2.98. The van der Waals surface area contributed by atoms with Crippen molar-refractivity contribution >= 4 is 11.6 Å². The van der Waals surface area contributed by atoms with Crippen LogP contribution in [0.3, 0.4) is 0 Å². The van der Waals surface area contributed by atoms with Gasteiger partial charge in [0.2, 0.25) is 5.78 Å². The zero-order valence-corrected chi connectivity index (χ0v) is 15.1. The summed E-state index contributed by atoms with van der Waals surface area (Å²) in [6.45, 7) is 3.80. The van der Waals surface area contributed by atoms with E-state index in [1.54, 1.807) is 18.5 Å². The van der Waals surface area contributed by atoms with Gasteiger partial charge in [-0.05, 0) is 36.7 Å². The van der Waals surface area contributed by atoms with Crippen LogP contribution in [0.25, 0.3) is 11.1 Å². The fraction of sp³-hybridized carbons (Fsp3) is 0.227. The molecular weight excluding hydrogens is 336 g/mol. The number of carbonyl (C=O) groups excluding carboxylic acids is 1. The number of carbonyl (C=O) groups is 1. The van der Waals surface area contributed by atoms with Gasteiger partial charge < -0.3 is 10.2 Å². The first-order valence-electron chi connectivity index (χ1n) is 9.29. The summed E-state index contributed by atoms with van der Waals surface area (Å²) in [6.07, 6.45) is 4.46. The van der Waals surface area contributed by atoms with Gasteiger partial charge in [0.15, 0.2) is 0 Å². The first-order chi connectivity index (χ1) is 13.3. The van der Waals surface area contributed by atoms with Gasteiger partial charge in [0.25, 0.3) is 0 Å². The number of nitrogens with zero attached hydrogens (tertiary/aromatic N) is 3. The maximum Gasteiger partial charge on any atom is 0.212 e. The number of anilines is 1. The van der Waals surface area contributed by atoms with Crippen LogP contribution < -0.4 is 10.2 Å². The minimum Gasteiger partial charge on any atom is -0.355 e. The molecule has 3 aromatic rings. The summed E-state index contributed by atoms with van der Waals surface area (Å²) in [6, 6.07) is 17.5. The maximum absolute atomic E-state index is 13.0. The second kappa shape index (κ2) is 8.10. The predicted octanol–water partition coefficient (Wildman–Crippen LogP) is 3.17. The number of ketones is 1. The van der Waals surface area contributed by atoms with E-state index in [2.05, 4.69) is 20.2 Å². The quantitative estimate of drug-likeness (QED) is 0.726. The van der Waals surface area contributed by atoms with Gasteiger partial charge in [-0.1, -0.05) is 36.4 Å². The molecule has 136 valence electrons. The molecule has 0 aliphatic carbocycles. The highest BCUT2D eigenvalue weighted by molar-refractivity contribution is 6.08. The number of aromatic nitrogens is 2. The van der Waals surface area contributed by atoms with Gasteiger partial charge >= 0.3 is 0 Å². The van der Waals surface area contributed by atoms with Crippen LogP contribution >= 0.6 is 0 Å². The van der Waals surface area contributed by atoms with Gasteiger partial charge in [-0.15, -0.1) is 0 Å². The third-order valence-electron chi connectivity index (χ3n) is 4.74. The molecule has 1 N–H and O–H groups in total. The molecule has 3 heterocycles. The molecular formula is C22H22N4O. The van der Waals surface area contributed by atoms with Crippen LogP contribution in [0.2, 0.25) is 0 Å². The summed E-state index contributed by atoms with van der Waals surface area (Å²) >= 11 is 0. The van der Waals surface area contributed by atoms with E-state index in [9.17, 15) is 4.79 Å². The first-order valence-corrected chi connectivity index (χ1v) is 9.29.